The first-order chi connectivity index (χ1) is 16.5. The van der Waals surface area contributed by atoms with Crippen molar-refractivity contribution in [2.45, 2.75) is 4.90 Å². The molecule has 0 saturated heterocycles. The summed E-state index contributed by atoms with van der Waals surface area (Å²) in [5.74, 6) is 0.433. The van der Waals surface area contributed by atoms with Crippen LogP contribution >= 0.6 is 11.8 Å². The van der Waals surface area contributed by atoms with Crippen LogP contribution in [0.1, 0.15) is 15.9 Å². The molecule has 0 unspecified atom stereocenters. The summed E-state index contributed by atoms with van der Waals surface area (Å²) in [5, 5.41) is 14.3. The van der Waals surface area contributed by atoms with Gasteiger partial charge in [0.15, 0.2) is 0 Å². The van der Waals surface area contributed by atoms with Gasteiger partial charge in [0.1, 0.15) is 17.2 Å². The predicted octanol–water partition coefficient (Wildman–Crippen LogP) is 4.73. The Morgan fingerprint density at radius 3 is 2.50 bits per heavy atom. The van der Waals surface area contributed by atoms with Crippen molar-refractivity contribution in [1.29, 1.82) is 5.26 Å². The molecule has 7 nitrogen and oxygen atoms in total. The fourth-order valence-electron chi connectivity index (χ4n) is 3.03. The maximum absolute atomic E-state index is 13.2. The van der Waals surface area contributed by atoms with E-state index < -0.39 is 11.8 Å². The van der Waals surface area contributed by atoms with Crippen LogP contribution in [-0.4, -0.2) is 31.8 Å². The average Bonchev–Trinajstić information content (AvgIpc) is 2.87. The third-order valence-corrected chi connectivity index (χ3v) is 5.52. The van der Waals surface area contributed by atoms with Gasteiger partial charge in [-0.25, -0.2) is 0 Å². The molecule has 0 aromatic heterocycles. The van der Waals surface area contributed by atoms with E-state index in [1.807, 2.05) is 6.07 Å². The number of nitrogens with zero attached hydrogens (tertiary/aromatic N) is 1. The fraction of sp³-hybridized carbons (Fsp3) is 0.115. The van der Waals surface area contributed by atoms with E-state index >= 15 is 0 Å². The van der Waals surface area contributed by atoms with Crippen LogP contribution in [0.15, 0.2) is 83.4 Å². The minimum absolute atomic E-state index is 0.0236. The maximum Gasteiger partial charge on any atom is 0.272 e. The van der Waals surface area contributed by atoms with E-state index in [2.05, 4.69) is 16.7 Å². The Labute approximate surface area is 202 Å². The highest BCUT2D eigenvalue weighted by Gasteiger charge is 2.16. The van der Waals surface area contributed by atoms with Crippen LogP contribution < -0.4 is 20.1 Å². The Bertz CT molecular complexity index is 1240. The Morgan fingerprint density at radius 1 is 1.00 bits per heavy atom. The first kappa shape index (κ1) is 24.4. The van der Waals surface area contributed by atoms with Gasteiger partial charge in [-0.05, 0) is 54.6 Å². The molecule has 0 aliphatic rings. The van der Waals surface area contributed by atoms with Crippen molar-refractivity contribution in [2.24, 2.45) is 0 Å². The van der Waals surface area contributed by atoms with Crippen LogP contribution in [0.5, 0.6) is 11.5 Å². The number of nitriles is 1. The van der Waals surface area contributed by atoms with Gasteiger partial charge in [0, 0.05) is 21.7 Å². The van der Waals surface area contributed by atoms with Crippen molar-refractivity contribution in [1.82, 2.24) is 5.32 Å². The summed E-state index contributed by atoms with van der Waals surface area (Å²) >= 11 is 1.36. The third-order valence-electron chi connectivity index (χ3n) is 4.66. The second-order valence-electron chi connectivity index (χ2n) is 6.91. The molecule has 2 amide bonds. The first-order valence-corrected chi connectivity index (χ1v) is 11.2. The molecule has 0 heterocycles. The first-order valence-electron chi connectivity index (χ1n) is 10.3. The maximum atomic E-state index is 13.2. The number of thioether (sulfide) groups is 1. The summed E-state index contributed by atoms with van der Waals surface area (Å²) in [7, 11) is 3.06. The highest BCUT2D eigenvalue weighted by atomic mass is 32.2. The van der Waals surface area contributed by atoms with E-state index in [-0.39, 0.29) is 5.70 Å². The van der Waals surface area contributed by atoms with Crippen LogP contribution in [0.2, 0.25) is 0 Å². The number of methoxy groups -OCH3 is 2. The van der Waals surface area contributed by atoms with Crippen molar-refractivity contribution >= 4 is 35.3 Å². The van der Waals surface area contributed by atoms with Gasteiger partial charge in [0.25, 0.3) is 11.8 Å². The van der Waals surface area contributed by atoms with Gasteiger partial charge in [0.05, 0.1) is 26.0 Å². The van der Waals surface area contributed by atoms with Crippen molar-refractivity contribution in [3.8, 4) is 17.6 Å². The topological polar surface area (TPSA) is 100 Å². The summed E-state index contributed by atoms with van der Waals surface area (Å²) in [6.45, 7) is 0. The standard InChI is InChI=1S/C26H23N3O4S/c1-32-21-11-12-24(33-2)19(15-21)16-23(29-25(30)18-7-4-3-5-8-18)26(31)28-20-9-6-10-22(17-20)34-14-13-27/h3-12,15-17H,14H2,1-2H3,(H,28,31)(H,29,30)/b23-16+. The minimum atomic E-state index is -0.517. The van der Waals surface area contributed by atoms with Gasteiger partial charge < -0.3 is 20.1 Å². The number of amides is 2. The van der Waals surface area contributed by atoms with Crippen molar-refractivity contribution in [3.05, 3.63) is 89.6 Å². The second kappa shape index (κ2) is 12.1. The van der Waals surface area contributed by atoms with E-state index in [1.54, 1.807) is 66.7 Å². The van der Waals surface area contributed by atoms with E-state index in [9.17, 15) is 9.59 Å². The molecule has 8 heteroatoms. The number of hydrogen-bond donors (Lipinski definition) is 2. The van der Waals surface area contributed by atoms with Crippen LogP contribution in [0, 0.1) is 11.3 Å². The molecule has 2 N–H and O–H groups in total. The summed E-state index contributed by atoms with van der Waals surface area (Å²) in [5.41, 5.74) is 1.52. The number of benzene rings is 3. The number of carbonyl (C=O) groups excluding carboxylic acids is 2. The summed E-state index contributed by atoms with van der Waals surface area (Å²) < 4.78 is 10.7. The smallest absolute Gasteiger partial charge is 0.272 e. The number of anilines is 1. The van der Waals surface area contributed by atoms with Gasteiger partial charge in [-0.15, -0.1) is 11.8 Å². The van der Waals surface area contributed by atoms with E-state index in [0.717, 1.165) is 4.90 Å². The largest absolute Gasteiger partial charge is 0.497 e. The Balaban J connectivity index is 1.95. The molecule has 34 heavy (non-hydrogen) atoms. The lowest BCUT2D eigenvalue weighted by Crippen LogP contribution is -2.30. The molecule has 0 aliphatic heterocycles. The van der Waals surface area contributed by atoms with Gasteiger partial charge >= 0.3 is 0 Å². The zero-order chi connectivity index (χ0) is 24.3. The second-order valence-corrected chi connectivity index (χ2v) is 7.96. The Morgan fingerprint density at radius 2 is 1.79 bits per heavy atom. The molecule has 3 aromatic rings. The number of ether oxygens (including phenoxy) is 2. The lowest BCUT2D eigenvalue weighted by Gasteiger charge is -2.13. The SMILES string of the molecule is COc1ccc(OC)c(/C=C(/NC(=O)c2ccccc2)C(=O)Nc2cccc(SCC#N)c2)c1. The number of carbonyl (C=O) groups is 2. The normalized spacial score (nSPS) is 10.7. The molecule has 0 saturated carbocycles. The van der Waals surface area contributed by atoms with Crippen LogP contribution in [0.25, 0.3) is 6.08 Å². The molecule has 0 radical (unpaired) electrons. The van der Waals surface area contributed by atoms with E-state index in [1.165, 1.54) is 32.1 Å². The van der Waals surface area contributed by atoms with Gasteiger partial charge in [-0.3, -0.25) is 9.59 Å². The summed E-state index contributed by atoms with van der Waals surface area (Å²) in [6, 6.07) is 23.0. The summed E-state index contributed by atoms with van der Waals surface area (Å²) in [4.78, 5) is 26.9. The van der Waals surface area contributed by atoms with Gasteiger partial charge in [-0.2, -0.15) is 5.26 Å². The Kier molecular flexibility index (Phi) is 8.72. The van der Waals surface area contributed by atoms with E-state index in [4.69, 9.17) is 14.7 Å². The van der Waals surface area contributed by atoms with Crippen molar-refractivity contribution in [3.63, 3.8) is 0 Å². The van der Waals surface area contributed by atoms with Crippen LogP contribution in [0.4, 0.5) is 5.69 Å². The molecule has 0 spiro atoms. The van der Waals surface area contributed by atoms with E-state index in [0.29, 0.717) is 34.1 Å². The molecule has 0 bridgehead atoms. The minimum Gasteiger partial charge on any atom is -0.497 e. The average molecular weight is 474 g/mol. The van der Waals surface area contributed by atoms with Crippen molar-refractivity contribution < 1.29 is 19.1 Å². The van der Waals surface area contributed by atoms with Crippen molar-refractivity contribution in [2.75, 3.05) is 25.3 Å². The quantitative estimate of drug-likeness (QED) is 0.344. The summed E-state index contributed by atoms with van der Waals surface area (Å²) in [6.07, 6.45) is 1.53. The lowest BCUT2D eigenvalue weighted by atomic mass is 10.1. The number of hydrogen-bond acceptors (Lipinski definition) is 6. The lowest BCUT2D eigenvalue weighted by molar-refractivity contribution is -0.113. The molecule has 0 atom stereocenters. The number of rotatable bonds is 9. The molecule has 3 rings (SSSR count). The molecule has 0 aliphatic carbocycles. The predicted molar refractivity (Wildman–Crippen MR) is 133 cm³/mol. The van der Waals surface area contributed by atoms with Crippen LogP contribution in [-0.2, 0) is 4.79 Å². The zero-order valence-electron chi connectivity index (χ0n) is 18.7. The third kappa shape index (κ3) is 6.64. The monoisotopic (exact) mass is 473 g/mol. The molecule has 172 valence electrons. The molecular weight excluding hydrogens is 450 g/mol. The fourth-order valence-corrected chi connectivity index (χ4v) is 3.64. The van der Waals surface area contributed by atoms with Gasteiger partial charge in [-0.1, -0.05) is 24.3 Å². The highest BCUT2D eigenvalue weighted by Crippen LogP contribution is 2.27. The molecule has 3 aromatic carbocycles. The van der Waals surface area contributed by atoms with Gasteiger partial charge in [0.2, 0.25) is 0 Å². The Hall–Kier alpha value is -4.22. The molecule has 0 fully saturated rings. The van der Waals surface area contributed by atoms with Crippen LogP contribution in [0.3, 0.4) is 0 Å². The number of nitrogens with one attached hydrogen (secondary N) is 2. The molecular formula is C26H23N3O4S. The highest BCUT2D eigenvalue weighted by molar-refractivity contribution is 7.99. The zero-order valence-corrected chi connectivity index (χ0v) is 19.5.